The van der Waals surface area contributed by atoms with Gasteiger partial charge in [0.05, 0.1) is 25.5 Å². The number of methoxy groups -OCH3 is 1. The van der Waals surface area contributed by atoms with Crippen molar-refractivity contribution < 1.29 is 14.3 Å². The molecular formula is C19H25N3O3. The van der Waals surface area contributed by atoms with E-state index in [0.717, 1.165) is 17.3 Å². The summed E-state index contributed by atoms with van der Waals surface area (Å²) in [5.74, 6) is 2.28. The molecule has 0 aliphatic heterocycles. The molecule has 2 rings (SSSR count). The van der Waals surface area contributed by atoms with Crippen molar-refractivity contribution in [3.63, 3.8) is 0 Å². The van der Waals surface area contributed by atoms with Crippen molar-refractivity contribution >= 4 is 17.4 Å². The fourth-order valence-electron chi connectivity index (χ4n) is 1.91. The maximum atomic E-state index is 11.9. The summed E-state index contributed by atoms with van der Waals surface area (Å²) in [4.78, 5) is 16.2. The zero-order valence-electron chi connectivity index (χ0n) is 15.1. The summed E-state index contributed by atoms with van der Waals surface area (Å²) in [6, 6.07) is 11.1. The average Bonchev–Trinajstić information content (AvgIpc) is 2.60. The maximum Gasteiger partial charge on any atom is 0.229 e. The minimum Gasteiger partial charge on any atom is -0.497 e. The van der Waals surface area contributed by atoms with Crippen molar-refractivity contribution in [2.45, 2.75) is 20.8 Å². The van der Waals surface area contributed by atoms with E-state index in [0.29, 0.717) is 18.8 Å². The van der Waals surface area contributed by atoms with Crippen LogP contribution in [0.3, 0.4) is 0 Å². The van der Waals surface area contributed by atoms with E-state index >= 15 is 0 Å². The predicted octanol–water partition coefficient (Wildman–Crippen LogP) is 3.57. The van der Waals surface area contributed by atoms with E-state index in [1.807, 2.05) is 57.2 Å². The topological polar surface area (TPSA) is 72.5 Å². The Morgan fingerprint density at radius 2 is 1.76 bits per heavy atom. The SMILES string of the molecule is COc1ccc(OCCNc2ccc(NC(=O)C(C)(C)C)cn2)cc1. The standard InChI is InChI=1S/C19H25N3O3/c1-19(2,3)18(23)22-14-5-10-17(21-13-14)20-11-12-25-16-8-6-15(24-4)7-9-16/h5-10,13H,11-12H2,1-4H3,(H,20,21)(H,22,23). The number of anilines is 2. The van der Waals surface area contributed by atoms with E-state index in [-0.39, 0.29) is 5.91 Å². The molecule has 134 valence electrons. The van der Waals surface area contributed by atoms with Crippen LogP contribution in [-0.4, -0.2) is 31.2 Å². The Morgan fingerprint density at radius 3 is 2.32 bits per heavy atom. The van der Waals surface area contributed by atoms with Gasteiger partial charge in [-0.15, -0.1) is 0 Å². The van der Waals surface area contributed by atoms with Gasteiger partial charge in [0.2, 0.25) is 5.91 Å². The molecule has 0 fully saturated rings. The second-order valence-electron chi connectivity index (χ2n) is 6.59. The molecule has 0 unspecified atom stereocenters. The first-order valence-electron chi connectivity index (χ1n) is 8.17. The molecule has 1 amide bonds. The van der Waals surface area contributed by atoms with Gasteiger partial charge >= 0.3 is 0 Å². The average molecular weight is 343 g/mol. The molecule has 0 saturated carbocycles. The summed E-state index contributed by atoms with van der Waals surface area (Å²) in [5, 5.41) is 6.02. The number of ether oxygens (including phenoxy) is 2. The number of hydrogen-bond donors (Lipinski definition) is 2. The van der Waals surface area contributed by atoms with Crippen molar-refractivity contribution in [2.24, 2.45) is 5.41 Å². The van der Waals surface area contributed by atoms with E-state index in [2.05, 4.69) is 15.6 Å². The zero-order chi connectivity index (χ0) is 18.3. The molecule has 0 radical (unpaired) electrons. The number of pyridine rings is 1. The lowest BCUT2D eigenvalue weighted by Gasteiger charge is -2.17. The fourth-order valence-corrected chi connectivity index (χ4v) is 1.91. The van der Waals surface area contributed by atoms with Gasteiger partial charge in [-0.05, 0) is 36.4 Å². The van der Waals surface area contributed by atoms with Crippen LogP contribution in [0, 0.1) is 5.41 Å². The van der Waals surface area contributed by atoms with Crippen LogP contribution < -0.4 is 20.1 Å². The molecule has 6 heteroatoms. The summed E-state index contributed by atoms with van der Waals surface area (Å²) in [7, 11) is 1.63. The number of aromatic nitrogens is 1. The summed E-state index contributed by atoms with van der Waals surface area (Å²) in [6.07, 6.45) is 1.64. The van der Waals surface area contributed by atoms with Crippen molar-refractivity contribution in [3.05, 3.63) is 42.6 Å². The Morgan fingerprint density at radius 1 is 1.08 bits per heavy atom. The molecule has 1 heterocycles. The van der Waals surface area contributed by atoms with Gasteiger partial charge in [0.15, 0.2) is 0 Å². The Bertz CT molecular complexity index is 677. The molecule has 0 spiro atoms. The van der Waals surface area contributed by atoms with Gasteiger partial charge in [0.1, 0.15) is 23.9 Å². The predicted molar refractivity (Wildman–Crippen MR) is 99.3 cm³/mol. The fraction of sp³-hybridized carbons (Fsp3) is 0.368. The normalized spacial score (nSPS) is 10.9. The van der Waals surface area contributed by atoms with Gasteiger partial charge in [-0.1, -0.05) is 20.8 Å². The number of nitrogens with zero attached hydrogens (tertiary/aromatic N) is 1. The van der Waals surface area contributed by atoms with E-state index in [4.69, 9.17) is 9.47 Å². The molecule has 2 aromatic rings. The number of carbonyl (C=O) groups excluding carboxylic acids is 1. The molecule has 6 nitrogen and oxygen atoms in total. The third-order valence-electron chi connectivity index (χ3n) is 3.44. The van der Waals surface area contributed by atoms with Crippen molar-refractivity contribution in [3.8, 4) is 11.5 Å². The summed E-state index contributed by atoms with van der Waals surface area (Å²) >= 11 is 0. The van der Waals surface area contributed by atoms with Gasteiger partial charge in [-0.3, -0.25) is 4.79 Å². The van der Waals surface area contributed by atoms with Gasteiger partial charge < -0.3 is 20.1 Å². The van der Waals surface area contributed by atoms with Crippen LogP contribution in [-0.2, 0) is 4.79 Å². The number of carbonyl (C=O) groups is 1. The summed E-state index contributed by atoms with van der Waals surface area (Å²) < 4.78 is 10.7. The third kappa shape index (κ3) is 5.99. The van der Waals surface area contributed by atoms with Crippen molar-refractivity contribution in [1.82, 2.24) is 4.98 Å². The molecular weight excluding hydrogens is 318 g/mol. The van der Waals surface area contributed by atoms with Gasteiger partial charge in [0, 0.05) is 5.41 Å². The Kier molecular flexibility index (Phi) is 6.22. The molecule has 2 N–H and O–H groups in total. The van der Waals surface area contributed by atoms with E-state index in [9.17, 15) is 4.79 Å². The number of hydrogen-bond acceptors (Lipinski definition) is 5. The molecule has 0 aliphatic rings. The number of nitrogens with one attached hydrogen (secondary N) is 2. The first-order chi connectivity index (χ1) is 11.9. The van der Waals surface area contributed by atoms with Gasteiger partial charge in [-0.2, -0.15) is 0 Å². The van der Waals surface area contributed by atoms with Gasteiger partial charge in [-0.25, -0.2) is 4.98 Å². The Balaban J connectivity index is 1.74. The first kappa shape index (κ1) is 18.6. The largest absolute Gasteiger partial charge is 0.497 e. The van der Waals surface area contributed by atoms with Crippen LogP contribution in [0.1, 0.15) is 20.8 Å². The van der Waals surface area contributed by atoms with Crippen LogP contribution in [0.15, 0.2) is 42.6 Å². The van der Waals surface area contributed by atoms with Gasteiger partial charge in [0.25, 0.3) is 0 Å². The zero-order valence-corrected chi connectivity index (χ0v) is 15.1. The second-order valence-corrected chi connectivity index (χ2v) is 6.59. The second kappa shape index (κ2) is 8.37. The Hall–Kier alpha value is -2.76. The van der Waals surface area contributed by atoms with E-state index < -0.39 is 5.41 Å². The number of benzene rings is 1. The monoisotopic (exact) mass is 343 g/mol. The first-order valence-corrected chi connectivity index (χ1v) is 8.17. The quantitative estimate of drug-likeness (QED) is 0.752. The molecule has 0 atom stereocenters. The highest BCUT2D eigenvalue weighted by Crippen LogP contribution is 2.18. The molecule has 1 aromatic carbocycles. The summed E-state index contributed by atoms with van der Waals surface area (Å²) in [5.41, 5.74) is 0.246. The number of amides is 1. The number of rotatable bonds is 7. The molecule has 1 aromatic heterocycles. The molecule has 25 heavy (non-hydrogen) atoms. The summed E-state index contributed by atoms with van der Waals surface area (Å²) in [6.45, 7) is 6.74. The smallest absolute Gasteiger partial charge is 0.229 e. The van der Waals surface area contributed by atoms with Crippen LogP contribution >= 0.6 is 0 Å². The molecule has 0 saturated heterocycles. The molecule has 0 bridgehead atoms. The van der Waals surface area contributed by atoms with Crippen molar-refractivity contribution in [2.75, 3.05) is 30.9 Å². The lowest BCUT2D eigenvalue weighted by atomic mass is 9.96. The van der Waals surface area contributed by atoms with E-state index in [1.54, 1.807) is 13.3 Å². The maximum absolute atomic E-state index is 11.9. The van der Waals surface area contributed by atoms with Crippen LogP contribution in [0.2, 0.25) is 0 Å². The highest BCUT2D eigenvalue weighted by atomic mass is 16.5. The van der Waals surface area contributed by atoms with Crippen LogP contribution in [0.5, 0.6) is 11.5 Å². The van der Waals surface area contributed by atoms with E-state index in [1.165, 1.54) is 0 Å². The lowest BCUT2D eigenvalue weighted by Crippen LogP contribution is -2.27. The van der Waals surface area contributed by atoms with Crippen LogP contribution in [0.4, 0.5) is 11.5 Å². The van der Waals surface area contributed by atoms with Crippen LogP contribution in [0.25, 0.3) is 0 Å². The minimum absolute atomic E-state index is 0.0390. The lowest BCUT2D eigenvalue weighted by molar-refractivity contribution is -0.123. The van der Waals surface area contributed by atoms with Crippen molar-refractivity contribution in [1.29, 1.82) is 0 Å². The highest BCUT2D eigenvalue weighted by molar-refractivity contribution is 5.94. The molecule has 0 aliphatic carbocycles. The third-order valence-corrected chi connectivity index (χ3v) is 3.44. The Labute approximate surface area is 148 Å². The highest BCUT2D eigenvalue weighted by Gasteiger charge is 2.21. The minimum atomic E-state index is -0.435.